The van der Waals surface area contributed by atoms with Crippen LogP contribution in [0, 0.1) is 0 Å². The van der Waals surface area contributed by atoms with Gasteiger partial charge in [0, 0.05) is 25.4 Å². The van der Waals surface area contributed by atoms with Crippen LogP contribution in [0.1, 0.15) is 12.5 Å². The van der Waals surface area contributed by atoms with Crippen molar-refractivity contribution in [3.8, 4) is 5.75 Å². The fraction of sp³-hybridized carbons (Fsp3) is 0.333. The molecule has 2 aromatic rings. The minimum atomic E-state index is -0.0921. The second-order valence-electron chi connectivity index (χ2n) is 4.80. The summed E-state index contributed by atoms with van der Waals surface area (Å²) in [6.07, 6.45) is 4.23. The highest BCUT2D eigenvalue weighted by molar-refractivity contribution is 5.38. The first-order valence-corrected chi connectivity index (χ1v) is 6.82. The second-order valence-corrected chi connectivity index (χ2v) is 4.80. The molecular weight excluding hydrogens is 254 g/mol. The number of aromatic nitrogens is 2. The molecule has 0 saturated carbocycles. The second kappa shape index (κ2) is 5.36. The maximum Gasteiger partial charge on any atom is 0.293 e. The number of benzene rings is 1. The predicted octanol–water partition coefficient (Wildman–Crippen LogP) is 1.68. The number of anilines is 1. The standard InChI is InChI=1S/C15H17N3O2/c1-2-18-8-7-16-14(15(18)19)17-10-12-9-11-5-3-4-6-13(11)20-12/h3-8,12H,2,9-10H2,1H3,(H,16,17). The van der Waals surface area contributed by atoms with E-state index in [0.29, 0.717) is 18.9 Å². The number of nitrogens with one attached hydrogen (secondary N) is 1. The summed E-state index contributed by atoms with van der Waals surface area (Å²) in [6, 6.07) is 8.02. The Labute approximate surface area is 117 Å². The van der Waals surface area contributed by atoms with E-state index in [-0.39, 0.29) is 11.7 Å². The minimum Gasteiger partial charge on any atom is -0.488 e. The molecule has 3 rings (SSSR count). The number of nitrogens with zero attached hydrogens (tertiary/aromatic N) is 2. The molecule has 1 aliphatic rings. The van der Waals surface area contributed by atoms with Crippen LogP contribution < -0.4 is 15.6 Å². The Balaban J connectivity index is 1.66. The monoisotopic (exact) mass is 271 g/mol. The first kappa shape index (κ1) is 12.7. The summed E-state index contributed by atoms with van der Waals surface area (Å²) in [5.74, 6) is 1.32. The maximum absolute atomic E-state index is 12.0. The van der Waals surface area contributed by atoms with Gasteiger partial charge in [-0.1, -0.05) is 18.2 Å². The molecular formula is C15H17N3O2. The summed E-state index contributed by atoms with van der Waals surface area (Å²) < 4.78 is 7.45. The highest BCUT2D eigenvalue weighted by Crippen LogP contribution is 2.27. The van der Waals surface area contributed by atoms with E-state index in [1.54, 1.807) is 17.0 Å². The highest BCUT2D eigenvalue weighted by atomic mass is 16.5. The van der Waals surface area contributed by atoms with Crippen LogP contribution in [0.2, 0.25) is 0 Å². The zero-order valence-electron chi connectivity index (χ0n) is 11.4. The first-order valence-electron chi connectivity index (χ1n) is 6.82. The Morgan fingerprint density at radius 2 is 2.30 bits per heavy atom. The molecule has 1 aliphatic heterocycles. The third-order valence-electron chi connectivity index (χ3n) is 3.47. The third-order valence-corrected chi connectivity index (χ3v) is 3.47. The van der Waals surface area contributed by atoms with Crippen LogP contribution in [0.15, 0.2) is 41.5 Å². The normalized spacial score (nSPS) is 16.6. The fourth-order valence-electron chi connectivity index (χ4n) is 2.40. The Kier molecular flexibility index (Phi) is 3.41. The number of rotatable bonds is 4. The van der Waals surface area contributed by atoms with Crippen LogP contribution in [-0.2, 0) is 13.0 Å². The Hall–Kier alpha value is -2.30. The van der Waals surface area contributed by atoms with E-state index < -0.39 is 0 Å². The van der Waals surface area contributed by atoms with Crippen LogP contribution in [0.3, 0.4) is 0 Å². The van der Waals surface area contributed by atoms with Crippen molar-refractivity contribution in [2.45, 2.75) is 26.0 Å². The molecule has 1 aromatic carbocycles. The molecule has 0 radical (unpaired) electrons. The minimum absolute atomic E-state index is 0.0453. The van der Waals surface area contributed by atoms with Gasteiger partial charge in [0.2, 0.25) is 0 Å². The summed E-state index contributed by atoms with van der Waals surface area (Å²) >= 11 is 0. The van der Waals surface area contributed by atoms with Gasteiger partial charge in [0.05, 0.1) is 6.54 Å². The van der Waals surface area contributed by atoms with Gasteiger partial charge >= 0.3 is 0 Å². The molecule has 0 bridgehead atoms. The van der Waals surface area contributed by atoms with E-state index >= 15 is 0 Å². The van der Waals surface area contributed by atoms with Gasteiger partial charge in [0.15, 0.2) is 5.82 Å². The van der Waals surface area contributed by atoms with Crippen LogP contribution in [-0.4, -0.2) is 22.2 Å². The SMILES string of the molecule is CCn1ccnc(NCC2Cc3ccccc3O2)c1=O. The number of hydrogen-bond donors (Lipinski definition) is 1. The summed E-state index contributed by atoms with van der Waals surface area (Å²) in [6.45, 7) is 3.15. The van der Waals surface area contributed by atoms with Crippen LogP contribution in [0.5, 0.6) is 5.75 Å². The fourth-order valence-corrected chi connectivity index (χ4v) is 2.40. The molecule has 5 heteroatoms. The van der Waals surface area contributed by atoms with Gasteiger partial charge in [0.25, 0.3) is 5.56 Å². The van der Waals surface area contributed by atoms with Crippen molar-refractivity contribution in [3.05, 3.63) is 52.6 Å². The van der Waals surface area contributed by atoms with Gasteiger partial charge in [-0.05, 0) is 18.6 Å². The van der Waals surface area contributed by atoms with Crippen molar-refractivity contribution in [2.75, 3.05) is 11.9 Å². The molecule has 1 N–H and O–H groups in total. The van der Waals surface area contributed by atoms with Crippen molar-refractivity contribution in [2.24, 2.45) is 0 Å². The number of para-hydroxylation sites is 1. The number of ether oxygens (including phenoxy) is 1. The molecule has 104 valence electrons. The van der Waals surface area contributed by atoms with E-state index in [2.05, 4.69) is 16.4 Å². The van der Waals surface area contributed by atoms with E-state index in [4.69, 9.17) is 4.74 Å². The maximum atomic E-state index is 12.0. The highest BCUT2D eigenvalue weighted by Gasteiger charge is 2.22. The average molecular weight is 271 g/mol. The van der Waals surface area contributed by atoms with Crippen molar-refractivity contribution >= 4 is 5.82 Å². The molecule has 0 saturated heterocycles. The lowest BCUT2D eigenvalue weighted by atomic mass is 10.1. The van der Waals surface area contributed by atoms with Gasteiger partial charge in [0.1, 0.15) is 11.9 Å². The molecule has 5 nitrogen and oxygen atoms in total. The molecule has 1 unspecified atom stereocenters. The van der Waals surface area contributed by atoms with Gasteiger partial charge in [-0.3, -0.25) is 4.79 Å². The van der Waals surface area contributed by atoms with Crippen molar-refractivity contribution in [1.29, 1.82) is 0 Å². The average Bonchev–Trinajstić information content (AvgIpc) is 2.89. The molecule has 0 fully saturated rings. The van der Waals surface area contributed by atoms with E-state index in [1.165, 1.54) is 5.56 Å². The van der Waals surface area contributed by atoms with E-state index in [0.717, 1.165) is 12.2 Å². The first-order chi connectivity index (χ1) is 9.78. The van der Waals surface area contributed by atoms with Crippen molar-refractivity contribution < 1.29 is 4.74 Å². The van der Waals surface area contributed by atoms with Crippen LogP contribution in [0.4, 0.5) is 5.82 Å². The lowest BCUT2D eigenvalue weighted by Crippen LogP contribution is -2.29. The van der Waals surface area contributed by atoms with Crippen LogP contribution >= 0.6 is 0 Å². The van der Waals surface area contributed by atoms with Gasteiger partial charge < -0.3 is 14.6 Å². The summed E-state index contributed by atoms with van der Waals surface area (Å²) in [7, 11) is 0. The van der Waals surface area contributed by atoms with E-state index in [9.17, 15) is 4.79 Å². The van der Waals surface area contributed by atoms with Crippen molar-refractivity contribution in [3.63, 3.8) is 0 Å². The smallest absolute Gasteiger partial charge is 0.293 e. The Bertz CT molecular complexity index is 641. The molecule has 0 spiro atoms. The van der Waals surface area contributed by atoms with Gasteiger partial charge in [-0.2, -0.15) is 0 Å². The van der Waals surface area contributed by atoms with Crippen LogP contribution in [0.25, 0.3) is 0 Å². The number of aryl methyl sites for hydroxylation is 1. The summed E-state index contributed by atoms with van der Waals surface area (Å²) in [5.41, 5.74) is 1.12. The topological polar surface area (TPSA) is 56.1 Å². The molecule has 2 heterocycles. The predicted molar refractivity (Wildman–Crippen MR) is 77.2 cm³/mol. The summed E-state index contributed by atoms with van der Waals surface area (Å²) in [5, 5.41) is 3.09. The van der Waals surface area contributed by atoms with Gasteiger partial charge in [-0.15, -0.1) is 0 Å². The molecule has 1 atom stereocenters. The molecule has 0 aliphatic carbocycles. The zero-order valence-corrected chi connectivity index (χ0v) is 11.4. The largest absolute Gasteiger partial charge is 0.488 e. The molecule has 1 aromatic heterocycles. The molecule has 0 amide bonds. The number of hydrogen-bond acceptors (Lipinski definition) is 4. The number of fused-ring (bicyclic) bond motifs is 1. The third kappa shape index (κ3) is 2.39. The molecule has 20 heavy (non-hydrogen) atoms. The van der Waals surface area contributed by atoms with E-state index in [1.807, 2.05) is 25.1 Å². The quantitative estimate of drug-likeness (QED) is 0.919. The lowest BCUT2D eigenvalue weighted by molar-refractivity contribution is 0.246. The van der Waals surface area contributed by atoms with Gasteiger partial charge in [-0.25, -0.2) is 4.98 Å². The van der Waals surface area contributed by atoms with Crippen molar-refractivity contribution in [1.82, 2.24) is 9.55 Å². The Morgan fingerprint density at radius 3 is 3.10 bits per heavy atom. The summed E-state index contributed by atoms with van der Waals surface area (Å²) in [4.78, 5) is 16.1. The zero-order chi connectivity index (χ0) is 13.9. The Morgan fingerprint density at radius 1 is 1.45 bits per heavy atom. The lowest BCUT2D eigenvalue weighted by Gasteiger charge is -2.12.